The minimum atomic E-state index is -1.49. The van der Waals surface area contributed by atoms with Gasteiger partial charge in [-0.3, -0.25) is 10.1 Å². The van der Waals surface area contributed by atoms with Gasteiger partial charge in [-0.2, -0.15) is 0 Å². The summed E-state index contributed by atoms with van der Waals surface area (Å²) in [5.41, 5.74) is 0.0331. The minimum Gasteiger partial charge on any atom is -0.465 e. The number of halogens is 3. The monoisotopic (exact) mass is 273 g/mol. The molecule has 104 valence electrons. The fraction of sp³-hybridized carbons (Fsp3) is 0.462. The van der Waals surface area contributed by atoms with Gasteiger partial charge in [0.15, 0.2) is 17.5 Å². The van der Waals surface area contributed by atoms with E-state index in [-0.39, 0.29) is 12.2 Å². The van der Waals surface area contributed by atoms with Gasteiger partial charge in [0.05, 0.1) is 6.61 Å². The molecule has 0 spiro atoms. The number of rotatable bonds is 3. The van der Waals surface area contributed by atoms with Crippen molar-refractivity contribution in [2.24, 2.45) is 0 Å². The molecule has 0 amide bonds. The van der Waals surface area contributed by atoms with E-state index in [1.807, 2.05) is 0 Å². The van der Waals surface area contributed by atoms with Gasteiger partial charge in [-0.05, 0) is 25.8 Å². The number of benzene rings is 1. The first-order chi connectivity index (χ1) is 9.04. The van der Waals surface area contributed by atoms with Gasteiger partial charge in [0.25, 0.3) is 0 Å². The number of hydrogen-bond acceptors (Lipinski definition) is 3. The quantitative estimate of drug-likeness (QED) is 0.679. The summed E-state index contributed by atoms with van der Waals surface area (Å²) in [6, 6.07) is 1.04. The second-order valence-electron chi connectivity index (χ2n) is 4.37. The molecule has 1 aromatic rings. The van der Waals surface area contributed by atoms with Crippen molar-refractivity contribution in [2.75, 3.05) is 6.61 Å². The summed E-state index contributed by atoms with van der Waals surface area (Å²) in [4.78, 5) is 11.5. The van der Waals surface area contributed by atoms with Crippen LogP contribution in [-0.4, -0.2) is 18.6 Å². The molecular formula is C13H14F3NO2. The summed E-state index contributed by atoms with van der Waals surface area (Å²) in [5, 5.41) is 2.88. The fourth-order valence-electron chi connectivity index (χ4n) is 2.23. The number of nitrogens with one attached hydrogen (secondary N) is 1. The Morgan fingerprint density at radius 3 is 2.74 bits per heavy atom. The molecule has 1 saturated heterocycles. The van der Waals surface area contributed by atoms with E-state index in [1.165, 1.54) is 6.07 Å². The molecule has 1 aromatic carbocycles. The summed E-state index contributed by atoms with van der Waals surface area (Å²) in [7, 11) is 0. The molecule has 1 N–H and O–H groups in total. The first kappa shape index (κ1) is 13.9. The Morgan fingerprint density at radius 1 is 1.32 bits per heavy atom. The topological polar surface area (TPSA) is 38.3 Å². The van der Waals surface area contributed by atoms with E-state index in [0.29, 0.717) is 12.8 Å². The maximum absolute atomic E-state index is 13.6. The van der Waals surface area contributed by atoms with Crippen LogP contribution < -0.4 is 5.32 Å². The van der Waals surface area contributed by atoms with Gasteiger partial charge in [0, 0.05) is 11.6 Å². The highest BCUT2D eigenvalue weighted by Crippen LogP contribution is 2.30. The van der Waals surface area contributed by atoms with Crippen LogP contribution in [0.2, 0.25) is 0 Å². The molecule has 2 unspecified atom stereocenters. The third kappa shape index (κ3) is 2.73. The maximum atomic E-state index is 13.6. The van der Waals surface area contributed by atoms with Gasteiger partial charge in [-0.1, -0.05) is 6.07 Å². The van der Waals surface area contributed by atoms with Crippen LogP contribution in [0.15, 0.2) is 12.1 Å². The number of carbonyl (C=O) groups excluding carboxylic acids is 1. The zero-order valence-corrected chi connectivity index (χ0v) is 10.4. The van der Waals surface area contributed by atoms with Crippen LogP contribution in [-0.2, 0) is 9.53 Å². The molecule has 3 nitrogen and oxygen atoms in total. The highest BCUT2D eigenvalue weighted by molar-refractivity contribution is 5.76. The first-order valence-corrected chi connectivity index (χ1v) is 6.10. The van der Waals surface area contributed by atoms with Crippen LogP contribution in [0.4, 0.5) is 13.2 Å². The van der Waals surface area contributed by atoms with E-state index in [9.17, 15) is 18.0 Å². The van der Waals surface area contributed by atoms with Gasteiger partial charge >= 0.3 is 5.97 Å². The van der Waals surface area contributed by atoms with Crippen molar-refractivity contribution in [3.05, 3.63) is 35.1 Å². The highest BCUT2D eigenvalue weighted by atomic mass is 19.2. The molecule has 2 atom stereocenters. The largest absolute Gasteiger partial charge is 0.465 e. The predicted molar refractivity (Wildman–Crippen MR) is 61.8 cm³/mol. The Balaban J connectivity index is 2.13. The van der Waals surface area contributed by atoms with Crippen molar-refractivity contribution in [3.63, 3.8) is 0 Å². The Bertz CT molecular complexity index is 493. The molecule has 0 saturated carbocycles. The Morgan fingerprint density at radius 2 is 2.05 bits per heavy atom. The van der Waals surface area contributed by atoms with Crippen LogP contribution in [0.25, 0.3) is 0 Å². The molecule has 6 heteroatoms. The third-order valence-electron chi connectivity index (χ3n) is 3.16. The third-order valence-corrected chi connectivity index (χ3v) is 3.16. The fourth-order valence-corrected chi connectivity index (χ4v) is 2.23. The number of esters is 1. The zero-order chi connectivity index (χ0) is 14.0. The molecule has 0 aromatic heterocycles. The van der Waals surface area contributed by atoms with Gasteiger partial charge in [-0.25, -0.2) is 13.2 Å². The molecule has 1 aliphatic rings. The van der Waals surface area contributed by atoms with E-state index in [4.69, 9.17) is 4.74 Å². The molecule has 1 heterocycles. The van der Waals surface area contributed by atoms with Crippen LogP contribution in [0.1, 0.15) is 31.4 Å². The van der Waals surface area contributed by atoms with Crippen molar-refractivity contribution >= 4 is 5.97 Å². The lowest BCUT2D eigenvalue weighted by Crippen LogP contribution is -2.34. The van der Waals surface area contributed by atoms with Crippen LogP contribution in [0.5, 0.6) is 0 Å². The Kier molecular flexibility index (Phi) is 4.09. The van der Waals surface area contributed by atoms with Gasteiger partial charge < -0.3 is 4.74 Å². The maximum Gasteiger partial charge on any atom is 0.323 e. The number of ether oxygens (including phenoxy) is 1. The van der Waals surface area contributed by atoms with Crippen LogP contribution in [0, 0.1) is 17.5 Å². The zero-order valence-electron chi connectivity index (χ0n) is 10.4. The average molecular weight is 273 g/mol. The number of carbonyl (C=O) groups is 1. The van der Waals surface area contributed by atoms with Gasteiger partial charge in [0.1, 0.15) is 6.04 Å². The van der Waals surface area contributed by atoms with Crippen molar-refractivity contribution in [1.29, 1.82) is 0 Å². The van der Waals surface area contributed by atoms with Crippen molar-refractivity contribution in [1.82, 2.24) is 5.32 Å². The minimum absolute atomic E-state index is 0.0331. The summed E-state index contributed by atoms with van der Waals surface area (Å²) in [6.45, 7) is 1.96. The van der Waals surface area contributed by atoms with Crippen LogP contribution in [0.3, 0.4) is 0 Å². The smallest absolute Gasteiger partial charge is 0.323 e. The lowest BCUT2D eigenvalue weighted by Gasteiger charge is -2.14. The van der Waals surface area contributed by atoms with Crippen molar-refractivity contribution in [3.8, 4) is 0 Å². The summed E-state index contributed by atoms with van der Waals surface area (Å²) in [5.74, 6) is -4.32. The molecule has 1 fully saturated rings. The molecule has 0 aliphatic carbocycles. The van der Waals surface area contributed by atoms with Crippen molar-refractivity contribution in [2.45, 2.75) is 31.8 Å². The Hall–Kier alpha value is -1.56. The standard InChI is InChI=1S/C13H14F3NO2/c1-2-19-13(18)10-6-5-9(17-10)7-3-4-8(14)12(16)11(7)15/h3-4,9-10,17H,2,5-6H2,1H3. The molecule has 1 aliphatic heterocycles. The SMILES string of the molecule is CCOC(=O)C1CCC(c2ccc(F)c(F)c2F)N1. The second-order valence-corrected chi connectivity index (χ2v) is 4.37. The van der Waals surface area contributed by atoms with E-state index in [1.54, 1.807) is 6.92 Å². The average Bonchev–Trinajstić information content (AvgIpc) is 2.86. The second kappa shape index (κ2) is 5.61. The summed E-state index contributed by atoms with van der Waals surface area (Å²) < 4.78 is 44.5. The van der Waals surface area contributed by atoms with E-state index in [2.05, 4.69) is 5.32 Å². The number of hydrogen-bond donors (Lipinski definition) is 1. The highest BCUT2D eigenvalue weighted by Gasteiger charge is 2.33. The van der Waals surface area contributed by atoms with E-state index < -0.39 is 35.5 Å². The molecule has 0 bridgehead atoms. The first-order valence-electron chi connectivity index (χ1n) is 6.10. The van der Waals surface area contributed by atoms with Crippen LogP contribution >= 0.6 is 0 Å². The summed E-state index contributed by atoms with van der Waals surface area (Å²) >= 11 is 0. The van der Waals surface area contributed by atoms with Gasteiger partial charge in [0.2, 0.25) is 0 Å². The lowest BCUT2D eigenvalue weighted by atomic mass is 10.0. The molecule has 19 heavy (non-hydrogen) atoms. The Labute approximate surface area is 108 Å². The normalized spacial score (nSPS) is 22.5. The van der Waals surface area contributed by atoms with Crippen molar-refractivity contribution < 1.29 is 22.7 Å². The van der Waals surface area contributed by atoms with E-state index in [0.717, 1.165) is 6.07 Å². The molecule has 0 radical (unpaired) electrons. The molecule has 2 rings (SSSR count). The van der Waals surface area contributed by atoms with E-state index >= 15 is 0 Å². The lowest BCUT2D eigenvalue weighted by molar-refractivity contribution is -0.145. The molecular weight excluding hydrogens is 259 g/mol. The predicted octanol–water partition coefficient (Wildman–Crippen LogP) is 2.46. The summed E-state index contributed by atoms with van der Waals surface area (Å²) in [6.07, 6.45) is 0.938. The van der Waals surface area contributed by atoms with Gasteiger partial charge in [-0.15, -0.1) is 0 Å².